The van der Waals surface area contributed by atoms with Gasteiger partial charge in [0.25, 0.3) is 0 Å². The zero-order valence-electron chi connectivity index (χ0n) is 11.2. The summed E-state index contributed by atoms with van der Waals surface area (Å²) in [6.45, 7) is 7.86. The van der Waals surface area contributed by atoms with Crippen molar-refractivity contribution in [3.8, 4) is 0 Å². The molecule has 3 saturated heterocycles. The summed E-state index contributed by atoms with van der Waals surface area (Å²) in [7, 11) is 0. The third-order valence-electron chi connectivity index (χ3n) is 3.48. The molecule has 3 fully saturated rings. The predicted octanol–water partition coefficient (Wildman–Crippen LogP) is 0.342. The first-order valence-electron chi connectivity index (χ1n) is 6.38. The Kier molecular flexibility index (Phi) is 2.75. The van der Waals surface area contributed by atoms with Crippen LogP contribution in [-0.2, 0) is 23.7 Å². The zero-order chi connectivity index (χ0) is 13.1. The smallest absolute Gasteiger partial charge is 0.190 e. The van der Waals surface area contributed by atoms with E-state index in [9.17, 15) is 0 Å². The molecule has 0 unspecified atom stereocenters. The minimum absolute atomic E-state index is 0.200. The Balaban J connectivity index is 1.86. The van der Waals surface area contributed by atoms with Crippen LogP contribution in [0, 0.1) is 0 Å². The van der Waals surface area contributed by atoms with Crippen LogP contribution in [0.5, 0.6) is 0 Å². The molecule has 0 radical (unpaired) electrons. The van der Waals surface area contributed by atoms with E-state index in [4.69, 9.17) is 29.4 Å². The summed E-state index contributed by atoms with van der Waals surface area (Å²) in [5.41, 5.74) is 5.74. The van der Waals surface area contributed by atoms with Gasteiger partial charge in [0.1, 0.15) is 24.4 Å². The third-order valence-corrected chi connectivity index (χ3v) is 3.48. The van der Waals surface area contributed by atoms with Gasteiger partial charge in [-0.2, -0.15) is 0 Å². The van der Waals surface area contributed by atoms with Gasteiger partial charge < -0.3 is 29.4 Å². The molecule has 0 aliphatic carbocycles. The van der Waals surface area contributed by atoms with Crippen molar-refractivity contribution in [1.29, 1.82) is 0 Å². The van der Waals surface area contributed by atoms with Gasteiger partial charge in [0.2, 0.25) is 0 Å². The molecule has 0 spiro atoms. The second kappa shape index (κ2) is 3.88. The number of rotatable bonds is 1. The lowest BCUT2D eigenvalue weighted by molar-refractivity contribution is -0.231. The van der Waals surface area contributed by atoms with Crippen LogP contribution in [0.2, 0.25) is 0 Å². The number of nitrogens with two attached hydrogens (primary N) is 1. The maximum absolute atomic E-state index is 5.93. The second-order valence-electron chi connectivity index (χ2n) is 5.94. The highest BCUT2D eigenvalue weighted by Crippen LogP contribution is 2.43. The maximum atomic E-state index is 5.93. The molecule has 18 heavy (non-hydrogen) atoms. The molecule has 3 heterocycles. The standard InChI is InChI=1S/C12H21NO5/c1-11(2)15-7-6(5-13)14-10-9(8(7)16-11)17-12(3,4)18-10/h6-10H,5,13H2,1-4H3/t6-,7+,8-,9-,10+/m1/s1. The highest BCUT2D eigenvalue weighted by molar-refractivity contribution is 5.00. The molecule has 104 valence electrons. The summed E-state index contributed by atoms with van der Waals surface area (Å²) in [5.74, 6) is -1.31. The molecule has 3 aliphatic rings. The lowest BCUT2D eigenvalue weighted by Gasteiger charge is -2.36. The average molecular weight is 259 g/mol. The molecule has 2 N–H and O–H groups in total. The van der Waals surface area contributed by atoms with Crippen molar-refractivity contribution in [2.45, 2.75) is 70.0 Å². The fourth-order valence-corrected chi connectivity index (χ4v) is 2.88. The van der Waals surface area contributed by atoms with E-state index < -0.39 is 17.9 Å². The van der Waals surface area contributed by atoms with Crippen molar-refractivity contribution in [3.63, 3.8) is 0 Å². The number of hydrogen-bond acceptors (Lipinski definition) is 6. The molecular weight excluding hydrogens is 238 g/mol. The first-order valence-corrected chi connectivity index (χ1v) is 6.38. The van der Waals surface area contributed by atoms with Gasteiger partial charge in [-0.15, -0.1) is 0 Å². The Labute approximate surface area is 107 Å². The summed E-state index contributed by atoms with van der Waals surface area (Å²) in [6.07, 6.45) is -1.34. The first kappa shape index (κ1) is 12.8. The van der Waals surface area contributed by atoms with E-state index in [0.717, 1.165) is 0 Å². The molecular formula is C12H21NO5. The molecule has 3 rings (SSSR count). The molecule has 6 nitrogen and oxygen atoms in total. The zero-order valence-corrected chi connectivity index (χ0v) is 11.2. The molecule has 0 amide bonds. The third kappa shape index (κ3) is 1.97. The van der Waals surface area contributed by atoms with E-state index >= 15 is 0 Å². The van der Waals surface area contributed by atoms with Crippen LogP contribution in [0.1, 0.15) is 27.7 Å². The van der Waals surface area contributed by atoms with Gasteiger partial charge in [-0.1, -0.05) is 0 Å². The second-order valence-corrected chi connectivity index (χ2v) is 5.94. The van der Waals surface area contributed by atoms with E-state index in [-0.39, 0.29) is 24.4 Å². The van der Waals surface area contributed by atoms with Crippen LogP contribution in [0.25, 0.3) is 0 Å². The summed E-state index contributed by atoms with van der Waals surface area (Å²) < 4.78 is 29.2. The molecule has 0 aromatic carbocycles. The van der Waals surface area contributed by atoms with Crippen molar-refractivity contribution in [3.05, 3.63) is 0 Å². The first-order chi connectivity index (χ1) is 8.31. The Morgan fingerprint density at radius 2 is 1.39 bits per heavy atom. The number of hydrogen-bond donors (Lipinski definition) is 1. The Bertz CT molecular complexity index is 345. The monoisotopic (exact) mass is 259 g/mol. The van der Waals surface area contributed by atoms with Crippen molar-refractivity contribution >= 4 is 0 Å². The van der Waals surface area contributed by atoms with E-state index in [1.54, 1.807) is 0 Å². The number of fused-ring (bicyclic) bond motifs is 3. The fourth-order valence-electron chi connectivity index (χ4n) is 2.88. The van der Waals surface area contributed by atoms with Crippen molar-refractivity contribution in [1.82, 2.24) is 0 Å². The van der Waals surface area contributed by atoms with E-state index in [0.29, 0.717) is 6.54 Å². The van der Waals surface area contributed by atoms with Gasteiger partial charge in [-0.05, 0) is 27.7 Å². The molecule has 0 aromatic rings. The van der Waals surface area contributed by atoms with Gasteiger partial charge in [0.15, 0.2) is 17.9 Å². The van der Waals surface area contributed by atoms with Gasteiger partial charge in [-0.25, -0.2) is 0 Å². The van der Waals surface area contributed by atoms with Gasteiger partial charge >= 0.3 is 0 Å². The largest absolute Gasteiger partial charge is 0.342 e. The minimum atomic E-state index is -0.667. The molecule has 3 aliphatic heterocycles. The molecule has 5 atom stereocenters. The summed E-state index contributed by atoms with van der Waals surface area (Å²) in [6, 6.07) is 0. The van der Waals surface area contributed by atoms with Crippen LogP contribution >= 0.6 is 0 Å². The van der Waals surface area contributed by atoms with E-state index in [1.807, 2.05) is 27.7 Å². The topological polar surface area (TPSA) is 72.2 Å². The Morgan fingerprint density at radius 1 is 0.833 bits per heavy atom. The van der Waals surface area contributed by atoms with Gasteiger partial charge in [0.05, 0.1) is 0 Å². The predicted molar refractivity (Wildman–Crippen MR) is 61.6 cm³/mol. The summed E-state index contributed by atoms with van der Waals surface area (Å²) in [4.78, 5) is 0. The summed E-state index contributed by atoms with van der Waals surface area (Å²) in [5, 5.41) is 0. The van der Waals surface area contributed by atoms with Crippen LogP contribution < -0.4 is 5.73 Å². The summed E-state index contributed by atoms with van der Waals surface area (Å²) >= 11 is 0. The van der Waals surface area contributed by atoms with Gasteiger partial charge in [-0.3, -0.25) is 0 Å². The molecule has 0 saturated carbocycles. The van der Waals surface area contributed by atoms with E-state index in [2.05, 4.69) is 0 Å². The fraction of sp³-hybridized carbons (Fsp3) is 1.00. The highest BCUT2D eigenvalue weighted by Gasteiger charge is 2.60. The van der Waals surface area contributed by atoms with Crippen molar-refractivity contribution in [2.75, 3.05) is 6.54 Å². The van der Waals surface area contributed by atoms with E-state index in [1.165, 1.54) is 0 Å². The van der Waals surface area contributed by atoms with Crippen LogP contribution in [-0.4, -0.2) is 48.8 Å². The lowest BCUT2D eigenvalue weighted by Crippen LogP contribution is -2.57. The van der Waals surface area contributed by atoms with Crippen LogP contribution in [0.15, 0.2) is 0 Å². The van der Waals surface area contributed by atoms with Crippen molar-refractivity contribution in [2.24, 2.45) is 5.73 Å². The normalized spacial score (nSPS) is 48.8. The Hall–Kier alpha value is -0.240. The molecule has 0 aromatic heterocycles. The lowest BCUT2D eigenvalue weighted by atomic mass is 9.99. The molecule has 0 bridgehead atoms. The van der Waals surface area contributed by atoms with Crippen molar-refractivity contribution < 1.29 is 23.7 Å². The number of ether oxygens (including phenoxy) is 5. The van der Waals surface area contributed by atoms with Gasteiger partial charge in [0, 0.05) is 6.54 Å². The SMILES string of the molecule is CC1(C)O[C@@H]2[C@@H](O1)[C@@H](CN)O[C@H]1OC(C)(C)O[C@@H]12. The average Bonchev–Trinajstić information content (AvgIpc) is 2.71. The van der Waals surface area contributed by atoms with Crippen LogP contribution in [0.4, 0.5) is 0 Å². The molecule has 6 heteroatoms. The highest BCUT2D eigenvalue weighted by atomic mass is 16.9. The van der Waals surface area contributed by atoms with Crippen LogP contribution in [0.3, 0.4) is 0 Å². The quantitative estimate of drug-likeness (QED) is 0.732. The Morgan fingerprint density at radius 3 is 2.06 bits per heavy atom. The maximum Gasteiger partial charge on any atom is 0.190 e. The minimum Gasteiger partial charge on any atom is -0.342 e.